The summed E-state index contributed by atoms with van der Waals surface area (Å²) in [6.07, 6.45) is -1.23. The fourth-order valence-corrected chi connectivity index (χ4v) is 2.02. The Morgan fingerprint density at radius 1 is 1.26 bits per heavy atom. The Hall–Kier alpha value is -2.83. The Morgan fingerprint density at radius 3 is 2.52 bits per heavy atom. The zero-order chi connectivity index (χ0) is 16.8. The van der Waals surface area contributed by atoms with E-state index in [0.717, 1.165) is 5.06 Å². The Kier molecular flexibility index (Phi) is 5.35. The van der Waals surface area contributed by atoms with Gasteiger partial charge in [0.1, 0.15) is 6.61 Å². The molecule has 1 atom stereocenters. The molecule has 1 aromatic carbocycles. The average molecular weight is 319 g/mol. The van der Waals surface area contributed by atoms with Crippen LogP contribution in [0.4, 0.5) is 4.79 Å². The van der Waals surface area contributed by atoms with Crippen LogP contribution >= 0.6 is 0 Å². The SMILES string of the molecule is C=C1CCC(=O)N1OC(=O)O[C@H](COC(C)=O)c1ccccc1. The van der Waals surface area contributed by atoms with Gasteiger partial charge in [-0.05, 0) is 12.0 Å². The summed E-state index contributed by atoms with van der Waals surface area (Å²) in [5, 5.41) is 0.830. The van der Waals surface area contributed by atoms with Crippen LogP contribution in [0.2, 0.25) is 0 Å². The molecule has 23 heavy (non-hydrogen) atoms. The quantitative estimate of drug-likeness (QED) is 0.776. The minimum absolute atomic E-state index is 0.149. The van der Waals surface area contributed by atoms with Crippen LogP contribution in [-0.4, -0.2) is 29.7 Å². The van der Waals surface area contributed by atoms with Gasteiger partial charge in [-0.1, -0.05) is 36.9 Å². The molecule has 2 rings (SSSR count). The second-order valence-electron chi connectivity index (χ2n) is 4.92. The van der Waals surface area contributed by atoms with E-state index in [1.54, 1.807) is 30.3 Å². The van der Waals surface area contributed by atoms with E-state index in [9.17, 15) is 14.4 Å². The summed E-state index contributed by atoms with van der Waals surface area (Å²) in [6.45, 7) is 4.75. The molecule has 0 aliphatic carbocycles. The molecule has 1 aliphatic rings. The molecule has 1 aliphatic heterocycles. The molecule has 0 unspecified atom stereocenters. The van der Waals surface area contributed by atoms with E-state index in [1.165, 1.54) is 6.92 Å². The summed E-state index contributed by atoms with van der Waals surface area (Å²) in [5.41, 5.74) is 1.03. The number of esters is 1. The number of benzene rings is 1. The molecule has 0 aromatic heterocycles. The lowest BCUT2D eigenvalue weighted by Gasteiger charge is -2.20. The van der Waals surface area contributed by atoms with Crippen LogP contribution in [0.15, 0.2) is 42.6 Å². The van der Waals surface area contributed by atoms with E-state index in [2.05, 4.69) is 6.58 Å². The molecule has 0 bridgehead atoms. The van der Waals surface area contributed by atoms with Gasteiger partial charge in [0, 0.05) is 13.3 Å². The van der Waals surface area contributed by atoms with E-state index < -0.39 is 18.2 Å². The molecule has 1 saturated heterocycles. The number of hydroxylamine groups is 2. The predicted molar refractivity (Wildman–Crippen MR) is 78.6 cm³/mol. The van der Waals surface area contributed by atoms with Crippen molar-refractivity contribution in [2.45, 2.75) is 25.9 Å². The van der Waals surface area contributed by atoms with E-state index in [4.69, 9.17) is 14.3 Å². The minimum atomic E-state index is -1.07. The Morgan fingerprint density at radius 2 is 1.96 bits per heavy atom. The number of allylic oxidation sites excluding steroid dienone is 1. The maximum absolute atomic E-state index is 11.9. The predicted octanol–water partition coefficient (Wildman–Crippen LogP) is 2.50. The van der Waals surface area contributed by atoms with Crippen molar-refractivity contribution in [3.8, 4) is 0 Å². The number of amides is 1. The van der Waals surface area contributed by atoms with Gasteiger partial charge in [-0.25, -0.2) is 4.79 Å². The number of nitrogens with zero attached hydrogens (tertiary/aromatic N) is 1. The monoisotopic (exact) mass is 319 g/mol. The van der Waals surface area contributed by atoms with E-state index in [0.29, 0.717) is 17.7 Å². The summed E-state index contributed by atoms with van der Waals surface area (Å²) in [7, 11) is 0. The highest BCUT2D eigenvalue weighted by Gasteiger charge is 2.30. The van der Waals surface area contributed by atoms with Crippen molar-refractivity contribution in [3.05, 3.63) is 48.2 Å². The summed E-state index contributed by atoms with van der Waals surface area (Å²) >= 11 is 0. The lowest BCUT2D eigenvalue weighted by Crippen LogP contribution is -2.29. The van der Waals surface area contributed by atoms with Crippen LogP contribution in [0.1, 0.15) is 31.4 Å². The molecule has 1 fully saturated rings. The third kappa shape index (κ3) is 4.57. The standard InChI is InChI=1S/C16H17NO6/c1-11-8-9-15(19)17(11)23-16(20)22-14(10-21-12(2)18)13-6-4-3-5-7-13/h3-7,14H,1,8-10H2,2H3/t14-/m1/s1. The molecule has 1 heterocycles. The van der Waals surface area contributed by atoms with Crippen molar-refractivity contribution >= 4 is 18.0 Å². The van der Waals surface area contributed by atoms with Gasteiger partial charge in [0.15, 0.2) is 6.10 Å². The van der Waals surface area contributed by atoms with Gasteiger partial charge >= 0.3 is 12.1 Å². The van der Waals surface area contributed by atoms with Crippen LogP contribution < -0.4 is 0 Å². The Balaban J connectivity index is 2.01. The van der Waals surface area contributed by atoms with Gasteiger partial charge in [0.25, 0.3) is 5.91 Å². The summed E-state index contributed by atoms with van der Waals surface area (Å²) in [5.74, 6) is -0.853. The second-order valence-corrected chi connectivity index (χ2v) is 4.92. The molecule has 0 N–H and O–H groups in total. The van der Waals surface area contributed by atoms with Gasteiger partial charge in [-0.2, -0.15) is 0 Å². The number of carbonyl (C=O) groups is 3. The largest absolute Gasteiger partial charge is 0.534 e. The number of hydrogen-bond donors (Lipinski definition) is 0. The van der Waals surface area contributed by atoms with Crippen molar-refractivity contribution in [1.82, 2.24) is 5.06 Å². The fraction of sp³-hybridized carbons (Fsp3) is 0.312. The van der Waals surface area contributed by atoms with Crippen molar-refractivity contribution in [2.24, 2.45) is 0 Å². The summed E-state index contributed by atoms with van der Waals surface area (Å²) < 4.78 is 10.1. The Labute approximate surface area is 133 Å². The highest BCUT2D eigenvalue weighted by atomic mass is 16.8. The molecule has 1 amide bonds. The van der Waals surface area contributed by atoms with Crippen molar-refractivity contribution in [3.63, 3.8) is 0 Å². The molecule has 0 radical (unpaired) electrons. The third-order valence-electron chi connectivity index (χ3n) is 3.15. The zero-order valence-electron chi connectivity index (χ0n) is 12.7. The van der Waals surface area contributed by atoms with Crippen LogP contribution in [0.3, 0.4) is 0 Å². The van der Waals surface area contributed by atoms with Gasteiger partial charge in [0.2, 0.25) is 0 Å². The minimum Gasteiger partial charge on any atom is -0.462 e. The van der Waals surface area contributed by atoms with Gasteiger partial charge < -0.3 is 9.47 Å². The molecule has 122 valence electrons. The average Bonchev–Trinajstić information content (AvgIpc) is 2.84. The molecule has 7 nitrogen and oxygen atoms in total. The summed E-state index contributed by atoms with van der Waals surface area (Å²) in [4.78, 5) is 39.3. The molecule has 0 saturated carbocycles. The van der Waals surface area contributed by atoms with Crippen LogP contribution in [0, 0.1) is 0 Å². The van der Waals surface area contributed by atoms with Crippen molar-refractivity contribution in [1.29, 1.82) is 0 Å². The van der Waals surface area contributed by atoms with Crippen molar-refractivity contribution in [2.75, 3.05) is 6.61 Å². The topological polar surface area (TPSA) is 82.1 Å². The number of carbonyl (C=O) groups excluding carboxylic acids is 3. The van der Waals surface area contributed by atoms with Gasteiger partial charge in [-0.3, -0.25) is 14.4 Å². The first kappa shape index (κ1) is 16.5. The third-order valence-corrected chi connectivity index (χ3v) is 3.15. The maximum atomic E-state index is 11.9. The summed E-state index contributed by atoms with van der Waals surface area (Å²) in [6, 6.07) is 8.77. The molecular weight excluding hydrogens is 302 g/mol. The van der Waals surface area contributed by atoms with Gasteiger partial charge in [-0.15, -0.1) is 5.06 Å². The highest BCUT2D eigenvalue weighted by Crippen LogP contribution is 2.23. The van der Waals surface area contributed by atoms with Gasteiger partial charge in [0.05, 0.1) is 5.70 Å². The Bertz CT molecular complexity index is 596. The van der Waals surface area contributed by atoms with Crippen LogP contribution in [0.5, 0.6) is 0 Å². The van der Waals surface area contributed by atoms with E-state index in [-0.39, 0.29) is 18.9 Å². The zero-order valence-corrected chi connectivity index (χ0v) is 12.7. The second kappa shape index (κ2) is 7.44. The first-order valence-corrected chi connectivity index (χ1v) is 7.05. The first-order chi connectivity index (χ1) is 11.0. The number of rotatable bonds is 5. The molecular formula is C16H17NO6. The molecule has 0 spiro atoms. The van der Waals surface area contributed by atoms with Crippen LogP contribution in [0.25, 0.3) is 0 Å². The normalized spacial score (nSPS) is 15.3. The lowest BCUT2D eigenvalue weighted by atomic mass is 10.1. The molecule has 1 aromatic rings. The first-order valence-electron chi connectivity index (χ1n) is 7.05. The lowest BCUT2D eigenvalue weighted by molar-refractivity contribution is -0.162. The number of hydrogen-bond acceptors (Lipinski definition) is 6. The smallest absolute Gasteiger partial charge is 0.462 e. The van der Waals surface area contributed by atoms with Crippen LogP contribution in [-0.2, 0) is 23.9 Å². The highest BCUT2D eigenvalue weighted by molar-refractivity contribution is 5.81. The van der Waals surface area contributed by atoms with Crippen molar-refractivity contribution < 1.29 is 28.7 Å². The van der Waals surface area contributed by atoms with E-state index >= 15 is 0 Å². The molecule has 7 heteroatoms. The maximum Gasteiger partial charge on any atom is 0.534 e. The fourth-order valence-electron chi connectivity index (χ4n) is 2.02. The van der Waals surface area contributed by atoms with E-state index in [1.807, 2.05) is 0 Å². The number of ether oxygens (including phenoxy) is 2.